The van der Waals surface area contributed by atoms with Crippen LogP contribution in [0, 0.1) is 27.7 Å². The van der Waals surface area contributed by atoms with Gasteiger partial charge in [0.1, 0.15) is 5.75 Å². The average Bonchev–Trinajstić information content (AvgIpc) is 2.69. The fraction of sp³-hybridized carbons (Fsp3) is 0.235. The van der Waals surface area contributed by atoms with Crippen molar-refractivity contribution < 1.29 is 9.90 Å². The van der Waals surface area contributed by atoms with Gasteiger partial charge in [0, 0.05) is 5.56 Å². The van der Waals surface area contributed by atoms with Crippen LogP contribution in [0.3, 0.4) is 0 Å². The maximum atomic E-state index is 12.6. The van der Waals surface area contributed by atoms with Gasteiger partial charge in [0.25, 0.3) is 0 Å². The van der Waals surface area contributed by atoms with Crippen molar-refractivity contribution in [2.75, 3.05) is 0 Å². The Kier molecular flexibility index (Phi) is 2.33. The van der Waals surface area contributed by atoms with Gasteiger partial charge in [-0.05, 0) is 67.1 Å². The van der Waals surface area contributed by atoms with Crippen molar-refractivity contribution >= 4 is 5.78 Å². The van der Waals surface area contributed by atoms with E-state index in [-0.39, 0.29) is 11.5 Å². The topological polar surface area (TPSA) is 37.3 Å². The monoisotopic (exact) mass is 252 g/mol. The fourth-order valence-electron chi connectivity index (χ4n) is 3.05. The number of carbonyl (C=O) groups is 1. The lowest BCUT2D eigenvalue weighted by Gasteiger charge is -2.15. The summed E-state index contributed by atoms with van der Waals surface area (Å²) in [5, 5.41) is 9.97. The second-order valence-electron chi connectivity index (χ2n) is 5.28. The zero-order valence-electron chi connectivity index (χ0n) is 11.6. The Hall–Kier alpha value is -2.09. The van der Waals surface area contributed by atoms with Gasteiger partial charge in [-0.2, -0.15) is 0 Å². The van der Waals surface area contributed by atoms with Crippen molar-refractivity contribution in [1.29, 1.82) is 0 Å². The van der Waals surface area contributed by atoms with Crippen LogP contribution in [0.2, 0.25) is 0 Å². The van der Waals surface area contributed by atoms with Crippen LogP contribution in [-0.4, -0.2) is 10.9 Å². The van der Waals surface area contributed by atoms with Gasteiger partial charge < -0.3 is 5.11 Å². The molecule has 1 aliphatic carbocycles. The van der Waals surface area contributed by atoms with Gasteiger partial charge in [-0.15, -0.1) is 0 Å². The quantitative estimate of drug-likeness (QED) is 0.660. The summed E-state index contributed by atoms with van der Waals surface area (Å²) in [4.78, 5) is 12.6. The SMILES string of the molecule is Cc1c(C)c(C)c2c(c1C)C(=O)c1c(O)cccc1-2. The zero-order valence-corrected chi connectivity index (χ0v) is 11.6. The Morgan fingerprint density at radius 2 is 1.37 bits per heavy atom. The smallest absolute Gasteiger partial charge is 0.198 e. The second-order valence-corrected chi connectivity index (χ2v) is 5.28. The van der Waals surface area contributed by atoms with Gasteiger partial charge >= 0.3 is 0 Å². The molecule has 1 aliphatic rings. The first-order chi connectivity index (χ1) is 8.95. The van der Waals surface area contributed by atoms with Crippen LogP contribution >= 0.6 is 0 Å². The highest BCUT2D eigenvalue weighted by Gasteiger charge is 2.33. The number of phenols is 1. The lowest BCUT2D eigenvalue weighted by atomic mass is 9.89. The van der Waals surface area contributed by atoms with E-state index in [0.29, 0.717) is 5.56 Å². The minimum absolute atomic E-state index is 0.0493. The van der Waals surface area contributed by atoms with Crippen molar-refractivity contribution in [1.82, 2.24) is 0 Å². The van der Waals surface area contributed by atoms with Crippen molar-refractivity contribution in [3.63, 3.8) is 0 Å². The molecule has 0 aromatic heterocycles. The highest BCUT2D eigenvalue weighted by molar-refractivity contribution is 6.24. The van der Waals surface area contributed by atoms with E-state index in [0.717, 1.165) is 33.4 Å². The third-order valence-electron chi connectivity index (χ3n) is 4.45. The van der Waals surface area contributed by atoms with E-state index in [2.05, 4.69) is 6.92 Å². The maximum absolute atomic E-state index is 12.6. The van der Waals surface area contributed by atoms with E-state index in [1.54, 1.807) is 12.1 Å². The zero-order chi connectivity index (χ0) is 13.9. The molecule has 0 saturated carbocycles. The van der Waals surface area contributed by atoms with Crippen molar-refractivity contribution in [2.45, 2.75) is 27.7 Å². The van der Waals surface area contributed by atoms with Gasteiger partial charge in [0.05, 0.1) is 5.56 Å². The van der Waals surface area contributed by atoms with E-state index in [1.807, 2.05) is 26.8 Å². The minimum atomic E-state index is -0.0493. The van der Waals surface area contributed by atoms with Crippen LogP contribution in [0.4, 0.5) is 0 Å². The van der Waals surface area contributed by atoms with E-state index in [9.17, 15) is 9.90 Å². The maximum Gasteiger partial charge on any atom is 0.198 e. The van der Waals surface area contributed by atoms with Crippen molar-refractivity contribution in [3.05, 3.63) is 51.6 Å². The van der Waals surface area contributed by atoms with E-state index < -0.39 is 0 Å². The van der Waals surface area contributed by atoms with Crippen LogP contribution in [0.5, 0.6) is 5.75 Å². The molecule has 2 aromatic carbocycles. The fourth-order valence-corrected chi connectivity index (χ4v) is 3.05. The molecule has 0 spiro atoms. The highest BCUT2D eigenvalue weighted by atomic mass is 16.3. The lowest BCUT2D eigenvalue weighted by molar-refractivity contribution is 0.104. The summed E-state index contributed by atoms with van der Waals surface area (Å²) in [6.45, 7) is 8.17. The molecule has 0 atom stereocenters. The molecule has 3 rings (SSSR count). The first-order valence-electron chi connectivity index (χ1n) is 6.42. The van der Waals surface area contributed by atoms with Gasteiger partial charge in [-0.1, -0.05) is 12.1 Å². The number of aromatic hydroxyl groups is 1. The average molecular weight is 252 g/mol. The number of hydrogen-bond donors (Lipinski definition) is 1. The predicted molar refractivity (Wildman–Crippen MR) is 75.9 cm³/mol. The number of hydrogen-bond acceptors (Lipinski definition) is 2. The number of ketones is 1. The molecular formula is C17H16O2. The molecule has 0 saturated heterocycles. The third-order valence-corrected chi connectivity index (χ3v) is 4.45. The summed E-state index contributed by atoms with van der Waals surface area (Å²) in [5.74, 6) is 0.0274. The van der Waals surface area contributed by atoms with Crippen LogP contribution in [0.25, 0.3) is 11.1 Å². The Balaban J connectivity index is 2.52. The third kappa shape index (κ3) is 1.34. The first-order valence-corrected chi connectivity index (χ1v) is 6.42. The molecule has 2 aromatic rings. The van der Waals surface area contributed by atoms with Crippen LogP contribution in [0.1, 0.15) is 38.2 Å². The second kappa shape index (κ2) is 3.70. The number of benzene rings is 2. The van der Waals surface area contributed by atoms with Crippen LogP contribution in [-0.2, 0) is 0 Å². The van der Waals surface area contributed by atoms with Gasteiger partial charge in [0.15, 0.2) is 5.78 Å². The van der Waals surface area contributed by atoms with E-state index >= 15 is 0 Å². The van der Waals surface area contributed by atoms with Gasteiger partial charge in [-0.25, -0.2) is 0 Å². The van der Waals surface area contributed by atoms with Gasteiger partial charge in [-0.3, -0.25) is 4.79 Å². The van der Waals surface area contributed by atoms with E-state index in [1.165, 1.54) is 5.56 Å². The standard InChI is InChI=1S/C17H16O2/c1-8-9(2)11(4)15-14(10(8)3)12-6-5-7-13(18)16(12)17(15)19/h5-7,18H,1-4H3. The molecule has 0 aliphatic heterocycles. The molecule has 2 nitrogen and oxygen atoms in total. The molecule has 0 fully saturated rings. The van der Waals surface area contributed by atoms with E-state index in [4.69, 9.17) is 0 Å². The molecule has 2 heteroatoms. The van der Waals surface area contributed by atoms with Crippen LogP contribution < -0.4 is 0 Å². The summed E-state index contributed by atoms with van der Waals surface area (Å²) in [6, 6.07) is 5.29. The molecule has 0 bridgehead atoms. The highest BCUT2D eigenvalue weighted by Crippen LogP contribution is 2.45. The molecule has 19 heavy (non-hydrogen) atoms. The molecular weight excluding hydrogens is 236 g/mol. The molecule has 0 unspecified atom stereocenters. The summed E-state index contributed by atoms with van der Waals surface area (Å²) in [5.41, 5.74) is 7.62. The lowest BCUT2D eigenvalue weighted by Crippen LogP contribution is -2.03. The molecule has 0 heterocycles. The molecule has 1 N–H and O–H groups in total. The summed E-state index contributed by atoms with van der Waals surface area (Å²) < 4.78 is 0. The number of rotatable bonds is 0. The van der Waals surface area contributed by atoms with Crippen molar-refractivity contribution in [2.24, 2.45) is 0 Å². The summed E-state index contributed by atoms with van der Waals surface area (Å²) >= 11 is 0. The number of carbonyl (C=O) groups excluding carboxylic acids is 1. The van der Waals surface area contributed by atoms with Gasteiger partial charge in [0.2, 0.25) is 0 Å². The Morgan fingerprint density at radius 3 is 2.00 bits per heavy atom. The Morgan fingerprint density at radius 1 is 0.789 bits per heavy atom. The van der Waals surface area contributed by atoms with Crippen molar-refractivity contribution in [3.8, 4) is 16.9 Å². The number of phenolic OH excluding ortho intramolecular Hbond substituents is 1. The largest absolute Gasteiger partial charge is 0.507 e. The molecule has 0 amide bonds. The molecule has 0 radical (unpaired) electrons. The van der Waals surface area contributed by atoms with Crippen LogP contribution in [0.15, 0.2) is 18.2 Å². The normalized spacial score (nSPS) is 12.5. The number of fused-ring (bicyclic) bond motifs is 3. The Labute approximate surface area is 112 Å². The first kappa shape index (κ1) is 12.0. The summed E-state index contributed by atoms with van der Waals surface area (Å²) in [7, 11) is 0. The predicted octanol–water partition coefficient (Wildman–Crippen LogP) is 3.84. The Bertz CT molecular complexity index is 740. The molecule has 96 valence electrons. The summed E-state index contributed by atoms with van der Waals surface area (Å²) in [6.07, 6.45) is 0. The minimum Gasteiger partial charge on any atom is -0.507 e.